The van der Waals surface area contributed by atoms with Crippen LogP contribution < -0.4 is 5.73 Å². The fraction of sp³-hybridized carbons (Fsp3) is 0.556. The number of hydrogen-bond acceptors (Lipinski definition) is 3. The van der Waals surface area contributed by atoms with Gasteiger partial charge in [-0.2, -0.15) is 0 Å². The minimum atomic E-state index is -1.13. The van der Waals surface area contributed by atoms with E-state index in [-0.39, 0.29) is 19.1 Å². The smallest absolute Gasteiger partial charge is 0.407 e. The number of carbonyl (C=O) groups is 2. The van der Waals surface area contributed by atoms with Crippen LogP contribution in [0.15, 0.2) is 12.2 Å². The van der Waals surface area contributed by atoms with Crippen LogP contribution in [-0.2, 0) is 4.79 Å². The van der Waals surface area contributed by atoms with Gasteiger partial charge >= 0.3 is 6.09 Å². The van der Waals surface area contributed by atoms with Crippen molar-refractivity contribution in [3.05, 3.63) is 12.2 Å². The first-order chi connectivity index (χ1) is 6.61. The van der Waals surface area contributed by atoms with Crippen LogP contribution in [0.25, 0.3) is 0 Å². The predicted molar refractivity (Wildman–Crippen MR) is 53.1 cm³/mol. The lowest BCUT2D eigenvalue weighted by atomic mass is 10.2. The molecule has 0 heterocycles. The lowest BCUT2D eigenvalue weighted by Crippen LogP contribution is -2.40. The van der Waals surface area contributed by atoms with E-state index in [9.17, 15) is 9.59 Å². The number of aldehydes is 1. The molecule has 0 saturated carbocycles. The maximum atomic E-state index is 10.6. The first kappa shape index (κ1) is 12.6. The maximum Gasteiger partial charge on any atom is 0.407 e. The zero-order valence-corrected chi connectivity index (χ0v) is 8.22. The number of carbonyl (C=O) groups excluding carboxylic acids is 1. The minimum absolute atomic E-state index is 0.136. The number of nitrogens with zero attached hydrogens (tertiary/aromatic N) is 1. The van der Waals surface area contributed by atoms with E-state index in [1.54, 1.807) is 6.08 Å². The molecule has 5 nitrogen and oxygen atoms in total. The van der Waals surface area contributed by atoms with Gasteiger partial charge in [0.05, 0.1) is 6.54 Å². The molecule has 0 aromatic carbocycles. The molecule has 0 aliphatic heterocycles. The van der Waals surface area contributed by atoms with E-state index >= 15 is 0 Å². The Balaban J connectivity index is 4.08. The Hall–Kier alpha value is -1.36. The molecule has 0 radical (unpaired) electrons. The third-order valence-corrected chi connectivity index (χ3v) is 1.62. The molecular weight excluding hydrogens is 184 g/mol. The van der Waals surface area contributed by atoms with Crippen LogP contribution in [0.1, 0.15) is 13.3 Å². The number of carboxylic acid groups (broad SMARTS) is 1. The van der Waals surface area contributed by atoms with E-state index < -0.39 is 6.09 Å². The first-order valence-corrected chi connectivity index (χ1v) is 4.45. The van der Waals surface area contributed by atoms with Crippen molar-refractivity contribution in [2.45, 2.75) is 19.4 Å². The molecule has 0 spiro atoms. The van der Waals surface area contributed by atoms with E-state index in [2.05, 4.69) is 0 Å². The van der Waals surface area contributed by atoms with Gasteiger partial charge in [-0.1, -0.05) is 19.1 Å². The fourth-order valence-corrected chi connectivity index (χ4v) is 0.947. The SMILES string of the molecule is CC/C=C\C(N)CN(CC=O)C(=O)O. The van der Waals surface area contributed by atoms with Gasteiger partial charge in [-0.3, -0.25) is 4.90 Å². The van der Waals surface area contributed by atoms with Crippen LogP contribution in [-0.4, -0.2) is 41.5 Å². The second-order valence-corrected chi connectivity index (χ2v) is 2.85. The Labute approximate surface area is 83.2 Å². The number of amides is 1. The van der Waals surface area contributed by atoms with Crippen molar-refractivity contribution in [2.24, 2.45) is 5.73 Å². The zero-order valence-electron chi connectivity index (χ0n) is 8.22. The molecule has 1 unspecified atom stereocenters. The van der Waals surface area contributed by atoms with Gasteiger partial charge < -0.3 is 15.6 Å². The molecule has 14 heavy (non-hydrogen) atoms. The lowest BCUT2D eigenvalue weighted by Gasteiger charge is -2.18. The summed E-state index contributed by atoms with van der Waals surface area (Å²) in [7, 11) is 0. The van der Waals surface area contributed by atoms with Crippen molar-refractivity contribution in [2.75, 3.05) is 13.1 Å². The Morgan fingerprint density at radius 1 is 1.64 bits per heavy atom. The molecule has 0 aliphatic carbocycles. The van der Waals surface area contributed by atoms with E-state index in [4.69, 9.17) is 10.8 Å². The predicted octanol–water partition coefficient (Wildman–Crippen LogP) is 0.459. The van der Waals surface area contributed by atoms with Gasteiger partial charge in [0.25, 0.3) is 0 Å². The molecule has 0 aromatic heterocycles. The number of allylic oxidation sites excluding steroid dienone is 1. The molecule has 80 valence electrons. The van der Waals surface area contributed by atoms with Gasteiger partial charge in [0.1, 0.15) is 6.29 Å². The zero-order chi connectivity index (χ0) is 11.0. The molecular formula is C9H16N2O3. The van der Waals surface area contributed by atoms with Crippen molar-refractivity contribution < 1.29 is 14.7 Å². The van der Waals surface area contributed by atoms with Crippen LogP contribution >= 0.6 is 0 Å². The molecule has 1 amide bonds. The second kappa shape index (κ2) is 7.08. The Morgan fingerprint density at radius 2 is 2.29 bits per heavy atom. The summed E-state index contributed by atoms with van der Waals surface area (Å²) in [6.07, 6.45) is 3.88. The van der Waals surface area contributed by atoms with Crippen molar-refractivity contribution in [1.29, 1.82) is 0 Å². The van der Waals surface area contributed by atoms with E-state index in [1.165, 1.54) is 0 Å². The highest BCUT2D eigenvalue weighted by atomic mass is 16.4. The normalized spacial score (nSPS) is 12.7. The third-order valence-electron chi connectivity index (χ3n) is 1.62. The quantitative estimate of drug-likeness (QED) is 0.482. The Morgan fingerprint density at radius 3 is 2.71 bits per heavy atom. The minimum Gasteiger partial charge on any atom is -0.465 e. The largest absolute Gasteiger partial charge is 0.465 e. The molecule has 0 saturated heterocycles. The highest BCUT2D eigenvalue weighted by Crippen LogP contribution is 1.93. The van der Waals surface area contributed by atoms with Gasteiger partial charge in [0, 0.05) is 12.6 Å². The van der Waals surface area contributed by atoms with Crippen molar-refractivity contribution in [1.82, 2.24) is 4.90 Å². The van der Waals surface area contributed by atoms with Crippen LogP contribution in [0.5, 0.6) is 0 Å². The molecule has 0 rings (SSSR count). The molecule has 5 heteroatoms. The number of nitrogens with two attached hydrogens (primary N) is 1. The summed E-state index contributed by atoms with van der Waals surface area (Å²) < 4.78 is 0. The molecule has 0 fully saturated rings. The summed E-state index contributed by atoms with van der Waals surface area (Å²) >= 11 is 0. The number of rotatable bonds is 6. The summed E-state index contributed by atoms with van der Waals surface area (Å²) in [4.78, 5) is 21.7. The summed E-state index contributed by atoms with van der Waals surface area (Å²) in [5.74, 6) is 0. The molecule has 1 atom stereocenters. The summed E-state index contributed by atoms with van der Waals surface area (Å²) in [6, 6.07) is -0.356. The summed E-state index contributed by atoms with van der Waals surface area (Å²) in [5.41, 5.74) is 5.62. The maximum absolute atomic E-state index is 10.6. The van der Waals surface area contributed by atoms with Crippen molar-refractivity contribution in [3.63, 3.8) is 0 Å². The van der Waals surface area contributed by atoms with E-state index in [0.29, 0.717) is 6.29 Å². The molecule has 3 N–H and O–H groups in total. The topological polar surface area (TPSA) is 83.6 Å². The van der Waals surface area contributed by atoms with Crippen molar-refractivity contribution in [3.8, 4) is 0 Å². The molecule has 0 aliphatic rings. The molecule has 0 bridgehead atoms. The van der Waals surface area contributed by atoms with Crippen molar-refractivity contribution >= 4 is 12.4 Å². The first-order valence-electron chi connectivity index (χ1n) is 4.45. The van der Waals surface area contributed by atoms with Crippen LogP contribution in [0.2, 0.25) is 0 Å². The standard InChI is InChI=1S/C9H16N2O3/c1-2-3-4-8(10)7-11(5-6-12)9(13)14/h3-4,6,8H,2,5,7,10H2,1H3,(H,13,14)/b4-3-. The van der Waals surface area contributed by atoms with E-state index in [0.717, 1.165) is 11.3 Å². The van der Waals surface area contributed by atoms with Gasteiger partial charge in [0.2, 0.25) is 0 Å². The Kier molecular flexibility index (Phi) is 6.39. The van der Waals surface area contributed by atoms with Crippen LogP contribution in [0.4, 0.5) is 4.79 Å². The van der Waals surface area contributed by atoms with Gasteiger partial charge in [-0.25, -0.2) is 4.79 Å². The third kappa shape index (κ3) is 5.31. The molecule has 0 aromatic rings. The Bertz CT molecular complexity index is 216. The van der Waals surface area contributed by atoms with Crippen LogP contribution in [0.3, 0.4) is 0 Å². The van der Waals surface area contributed by atoms with Gasteiger partial charge in [-0.05, 0) is 6.42 Å². The van der Waals surface area contributed by atoms with E-state index in [1.807, 2.05) is 13.0 Å². The monoisotopic (exact) mass is 200 g/mol. The lowest BCUT2D eigenvalue weighted by molar-refractivity contribution is -0.108. The van der Waals surface area contributed by atoms with Gasteiger partial charge in [0.15, 0.2) is 0 Å². The average Bonchev–Trinajstić information content (AvgIpc) is 2.14. The summed E-state index contributed by atoms with van der Waals surface area (Å²) in [6.45, 7) is 1.97. The fourth-order valence-electron chi connectivity index (χ4n) is 0.947. The highest BCUT2D eigenvalue weighted by Gasteiger charge is 2.12. The average molecular weight is 200 g/mol. The summed E-state index contributed by atoms with van der Waals surface area (Å²) in [5, 5.41) is 8.67. The highest BCUT2D eigenvalue weighted by molar-refractivity contribution is 5.69. The second-order valence-electron chi connectivity index (χ2n) is 2.85. The van der Waals surface area contributed by atoms with Crippen LogP contribution in [0, 0.1) is 0 Å². The number of hydrogen-bond donors (Lipinski definition) is 2. The van der Waals surface area contributed by atoms with Gasteiger partial charge in [-0.15, -0.1) is 0 Å².